The van der Waals surface area contributed by atoms with Crippen molar-refractivity contribution in [2.24, 2.45) is 0 Å². The minimum atomic E-state index is -0.489. The fourth-order valence-electron chi connectivity index (χ4n) is 3.62. The lowest BCUT2D eigenvalue weighted by atomic mass is 10.2. The first kappa shape index (κ1) is 22.8. The van der Waals surface area contributed by atoms with Gasteiger partial charge in [0.1, 0.15) is 11.6 Å². The highest BCUT2D eigenvalue weighted by Gasteiger charge is 2.17. The zero-order valence-electron chi connectivity index (χ0n) is 19.3. The summed E-state index contributed by atoms with van der Waals surface area (Å²) >= 11 is 0. The highest BCUT2D eigenvalue weighted by Crippen LogP contribution is 2.26. The Morgan fingerprint density at radius 3 is 2.50 bits per heavy atom. The normalized spacial score (nSPS) is 10.7. The number of carbonyl (C=O) groups is 1. The van der Waals surface area contributed by atoms with Gasteiger partial charge in [0, 0.05) is 22.9 Å². The number of amides is 2. The molecule has 0 unspecified atom stereocenters. The quantitative estimate of drug-likeness (QED) is 0.376. The molecule has 4 aromatic rings. The molecular formula is C25H26N6O3. The van der Waals surface area contributed by atoms with Gasteiger partial charge in [0.15, 0.2) is 0 Å². The Kier molecular flexibility index (Phi) is 6.72. The van der Waals surface area contributed by atoms with Gasteiger partial charge in [-0.15, -0.1) is 0 Å². The van der Waals surface area contributed by atoms with Crippen molar-refractivity contribution in [3.8, 4) is 23.0 Å². The number of anilines is 2. The van der Waals surface area contributed by atoms with Crippen LogP contribution in [0.1, 0.15) is 25.1 Å². The van der Waals surface area contributed by atoms with Gasteiger partial charge in [0.2, 0.25) is 5.95 Å². The van der Waals surface area contributed by atoms with E-state index in [9.17, 15) is 9.59 Å². The van der Waals surface area contributed by atoms with Gasteiger partial charge in [-0.05, 0) is 32.4 Å². The monoisotopic (exact) mass is 458 g/mol. The van der Waals surface area contributed by atoms with E-state index in [-0.39, 0.29) is 11.5 Å². The Labute approximate surface area is 196 Å². The van der Waals surface area contributed by atoms with E-state index in [2.05, 4.69) is 25.7 Å². The molecule has 2 amide bonds. The number of hydrogen-bond donors (Lipinski definition) is 3. The smallest absolute Gasteiger partial charge is 0.324 e. The second kappa shape index (κ2) is 10.0. The molecule has 0 aliphatic heterocycles. The SMILES string of the molecule is CCOc1ccccc1NC(=O)Nc1cc(-c2ccccc2)nn1-c1nc(C)c(CC)c(=O)[nH]1. The number of aromatic nitrogens is 4. The summed E-state index contributed by atoms with van der Waals surface area (Å²) in [7, 11) is 0. The van der Waals surface area contributed by atoms with Crippen LogP contribution in [0.3, 0.4) is 0 Å². The van der Waals surface area contributed by atoms with Crippen molar-refractivity contribution >= 4 is 17.5 Å². The molecule has 0 saturated carbocycles. The fourth-order valence-corrected chi connectivity index (χ4v) is 3.62. The number of nitrogens with zero attached hydrogens (tertiary/aromatic N) is 3. The summed E-state index contributed by atoms with van der Waals surface area (Å²) in [6.45, 7) is 6.03. The van der Waals surface area contributed by atoms with E-state index in [1.165, 1.54) is 4.68 Å². The van der Waals surface area contributed by atoms with Crippen molar-refractivity contribution in [3.63, 3.8) is 0 Å². The van der Waals surface area contributed by atoms with E-state index >= 15 is 0 Å². The molecule has 0 radical (unpaired) electrons. The standard InChI is InChI=1S/C25H26N6O3/c1-4-18-16(3)26-24(29-23(18)32)31-22(15-20(30-31)17-11-7-6-8-12-17)28-25(33)27-19-13-9-10-14-21(19)34-5-2/h6-15H,4-5H2,1-3H3,(H,26,29,32)(H2,27,28,33). The van der Waals surface area contributed by atoms with Gasteiger partial charge in [-0.3, -0.25) is 15.1 Å². The molecule has 3 N–H and O–H groups in total. The summed E-state index contributed by atoms with van der Waals surface area (Å²) < 4.78 is 7.00. The van der Waals surface area contributed by atoms with Crippen LogP contribution in [0.25, 0.3) is 17.2 Å². The van der Waals surface area contributed by atoms with Crippen molar-refractivity contribution in [1.82, 2.24) is 19.7 Å². The minimum absolute atomic E-state index is 0.215. The zero-order chi connectivity index (χ0) is 24.1. The Bertz CT molecular complexity index is 1360. The average molecular weight is 459 g/mol. The van der Waals surface area contributed by atoms with Gasteiger partial charge < -0.3 is 10.1 Å². The third-order valence-corrected chi connectivity index (χ3v) is 5.22. The summed E-state index contributed by atoms with van der Waals surface area (Å²) in [6, 6.07) is 18.0. The number of para-hydroxylation sites is 2. The first-order valence-electron chi connectivity index (χ1n) is 11.1. The van der Waals surface area contributed by atoms with E-state index in [0.29, 0.717) is 47.2 Å². The van der Waals surface area contributed by atoms with Gasteiger partial charge in [-0.25, -0.2) is 9.78 Å². The highest BCUT2D eigenvalue weighted by molar-refractivity contribution is 6.00. The lowest BCUT2D eigenvalue weighted by molar-refractivity contribution is 0.261. The summed E-state index contributed by atoms with van der Waals surface area (Å²) in [5.41, 5.74) is 2.99. The molecule has 174 valence electrons. The maximum atomic E-state index is 12.9. The Hall–Kier alpha value is -4.40. The number of aryl methyl sites for hydroxylation is 1. The third-order valence-electron chi connectivity index (χ3n) is 5.22. The van der Waals surface area contributed by atoms with Crippen LogP contribution in [0.2, 0.25) is 0 Å². The number of ether oxygens (including phenoxy) is 1. The molecule has 2 aromatic carbocycles. The second-order valence-electron chi connectivity index (χ2n) is 7.51. The molecule has 2 heterocycles. The van der Waals surface area contributed by atoms with Crippen molar-refractivity contribution in [1.29, 1.82) is 0 Å². The van der Waals surface area contributed by atoms with E-state index in [0.717, 1.165) is 5.56 Å². The Morgan fingerprint density at radius 1 is 1.06 bits per heavy atom. The lowest BCUT2D eigenvalue weighted by Crippen LogP contribution is -2.24. The van der Waals surface area contributed by atoms with Gasteiger partial charge in [-0.2, -0.15) is 9.78 Å². The number of benzene rings is 2. The van der Waals surface area contributed by atoms with Crippen LogP contribution in [-0.4, -0.2) is 32.4 Å². The number of aromatic amines is 1. The lowest BCUT2D eigenvalue weighted by Gasteiger charge is -2.13. The first-order chi connectivity index (χ1) is 16.5. The molecule has 9 heteroatoms. The predicted molar refractivity (Wildman–Crippen MR) is 132 cm³/mol. The van der Waals surface area contributed by atoms with E-state index in [1.54, 1.807) is 25.1 Å². The zero-order valence-corrected chi connectivity index (χ0v) is 19.3. The highest BCUT2D eigenvalue weighted by atomic mass is 16.5. The summed E-state index contributed by atoms with van der Waals surface area (Å²) in [6.07, 6.45) is 0.565. The van der Waals surface area contributed by atoms with Crippen LogP contribution < -0.4 is 20.9 Å². The molecule has 34 heavy (non-hydrogen) atoms. The molecule has 0 bridgehead atoms. The number of H-pyrrole nitrogens is 1. The topological polar surface area (TPSA) is 114 Å². The summed E-state index contributed by atoms with van der Waals surface area (Å²) in [5, 5.41) is 10.2. The average Bonchev–Trinajstić information content (AvgIpc) is 3.24. The molecule has 2 aromatic heterocycles. The molecule has 0 aliphatic carbocycles. The molecule has 0 spiro atoms. The molecule has 0 saturated heterocycles. The molecule has 0 atom stereocenters. The Morgan fingerprint density at radius 2 is 1.79 bits per heavy atom. The van der Waals surface area contributed by atoms with Crippen molar-refractivity contribution in [2.75, 3.05) is 17.2 Å². The van der Waals surface area contributed by atoms with E-state index in [1.807, 2.05) is 56.3 Å². The second-order valence-corrected chi connectivity index (χ2v) is 7.51. The van der Waals surface area contributed by atoms with Crippen molar-refractivity contribution in [2.45, 2.75) is 27.2 Å². The van der Waals surface area contributed by atoms with Crippen molar-refractivity contribution in [3.05, 3.63) is 82.3 Å². The molecule has 9 nitrogen and oxygen atoms in total. The van der Waals surface area contributed by atoms with Crippen LogP contribution in [0.5, 0.6) is 5.75 Å². The number of urea groups is 1. The maximum absolute atomic E-state index is 12.9. The van der Waals surface area contributed by atoms with Crippen LogP contribution in [0, 0.1) is 6.92 Å². The minimum Gasteiger partial charge on any atom is -0.492 e. The predicted octanol–water partition coefficient (Wildman–Crippen LogP) is 4.54. The van der Waals surface area contributed by atoms with Crippen LogP contribution in [-0.2, 0) is 6.42 Å². The molecular weight excluding hydrogens is 432 g/mol. The van der Waals surface area contributed by atoms with E-state index < -0.39 is 6.03 Å². The van der Waals surface area contributed by atoms with Gasteiger partial charge in [0.25, 0.3) is 5.56 Å². The van der Waals surface area contributed by atoms with Crippen LogP contribution in [0.15, 0.2) is 65.5 Å². The fraction of sp³-hybridized carbons (Fsp3) is 0.200. The van der Waals surface area contributed by atoms with Crippen LogP contribution >= 0.6 is 0 Å². The number of carbonyl (C=O) groups excluding carboxylic acids is 1. The number of rotatable bonds is 7. The molecule has 0 aliphatic rings. The first-order valence-corrected chi connectivity index (χ1v) is 11.1. The number of hydrogen-bond acceptors (Lipinski definition) is 5. The maximum Gasteiger partial charge on any atom is 0.324 e. The Balaban J connectivity index is 1.71. The van der Waals surface area contributed by atoms with Gasteiger partial charge in [0.05, 0.1) is 18.0 Å². The third kappa shape index (κ3) is 4.83. The van der Waals surface area contributed by atoms with Gasteiger partial charge in [-0.1, -0.05) is 49.4 Å². The largest absolute Gasteiger partial charge is 0.492 e. The number of nitrogens with one attached hydrogen (secondary N) is 3. The molecule has 4 rings (SSSR count). The van der Waals surface area contributed by atoms with E-state index in [4.69, 9.17) is 4.74 Å². The van der Waals surface area contributed by atoms with Gasteiger partial charge >= 0.3 is 6.03 Å². The van der Waals surface area contributed by atoms with Crippen LogP contribution in [0.4, 0.5) is 16.3 Å². The molecule has 0 fully saturated rings. The summed E-state index contributed by atoms with van der Waals surface area (Å²) in [5.74, 6) is 1.12. The van der Waals surface area contributed by atoms with Crippen molar-refractivity contribution < 1.29 is 9.53 Å². The summed E-state index contributed by atoms with van der Waals surface area (Å²) in [4.78, 5) is 32.8.